The highest BCUT2D eigenvalue weighted by atomic mass is 79.9. The number of rotatable bonds is 7. The molecule has 0 saturated heterocycles. The van der Waals surface area contributed by atoms with Gasteiger partial charge in [-0.3, -0.25) is 0 Å². The molecule has 114 valence electrons. The number of halogens is 1. The Balaban J connectivity index is 2.20. The summed E-state index contributed by atoms with van der Waals surface area (Å²) in [5.41, 5.74) is 1.17. The van der Waals surface area contributed by atoms with Crippen molar-refractivity contribution in [1.29, 1.82) is 0 Å². The zero-order chi connectivity index (χ0) is 15.2. The molecule has 2 aromatic rings. The number of benzene rings is 1. The van der Waals surface area contributed by atoms with Crippen LogP contribution in [0.25, 0.3) is 0 Å². The second-order valence-electron chi connectivity index (χ2n) is 4.80. The van der Waals surface area contributed by atoms with Crippen molar-refractivity contribution in [3.63, 3.8) is 0 Å². The van der Waals surface area contributed by atoms with Crippen molar-refractivity contribution in [3.05, 3.63) is 34.1 Å². The lowest BCUT2D eigenvalue weighted by Gasteiger charge is -2.18. The van der Waals surface area contributed by atoms with E-state index in [2.05, 4.69) is 55.7 Å². The molecule has 2 rings (SSSR count). The fourth-order valence-electron chi connectivity index (χ4n) is 2.11. The van der Waals surface area contributed by atoms with E-state index in [1.807, 2.05) is 6.07 Å². The van der Waals surface area contributed by atoms with Crippen molar-refractivity contribution in [1.82, 2.24) is 25.5 Å². The molecule has 6 nitrogen and oxygen atoms in total. The van der Waals surface area contributed by atoms with Crippen LogP contribution in [0.15, 0.2) is 22.7 Å². The second kappa shape index (κ2) is 7.51. The fraction of sp³-hybridized carbons (Fsp3) is 0.500. The van der Waals surface area contributed by atoms with E-state index in [4.69, 9.17) is 4.74 Å². The van der Waals surface area contributed by atoms with Crippen molar-refractivity contribution in [3.8, 4) is 5.75 Å². The van der Waals surface area contributed by atoms with Crippen LogP contribution in [0.1, 0.15) is 30.8 Å². The van der Waals surface area contributed by atoms with Crippen LogP contribution in [0, 0.1) is 0 Å². The maximum atomic E-state index is 5.28. The summed E-state index contributed by atoms with van der Waals surface area (Å²) in [7, 11) is 3.44. The first-order valence-corrected chi connectivity index (χ1v) is 7.73. The van der Waals surface area contributed by atoms with Gasteiger partial charge in [-0.2, -0.15) is 4.80 Å². The van der Waals surface area contributed by atoms with Gasteiger partial charge >= 0.3 is 0 Å². The third-order valence-electron chi connectivity index (χ3n) is 3.16. The lowest BCUT2D eigenvalue weighted by molar-refractivity contribution is 0.411. The number of hydrogen-bond acceptors (Lipinski definition) is 5. The summed E-state index contributed by atoms with van der Waals surface area (Å²) in [6, 6.07) is 6.25. The predicted octanol–water partition coefficient (Wildman–Crippen LogP) is 2.26. The molecule has 0 fully saturated rings. The highest BCUT2D eigenvalue weighted by molar-refractivity contribution is 9.10. The van der Waals surface area contributed by atoms with Crippen LogP contribution in [0.3, 0.4) is 0 Å². The molecule has 0 saturated carbocycles. The molecule has 1 unspecified atom stereocenters. The van der Waals surface area contributed by atoms with E-state index in [1.54, 1.807) is 14.2 Å². The molecule has 1 atom stereocenters. The van der Waals surface area contributed by atoms with Crippen LogP contribution in [0.2, 0.25) is 0 Å². The molecule has 0 radical (unpaired) electrons. The molecule has 0 amide bonds. The van der Waals surface area contributed by atoms with Gasteiger partial charge in [0.2, 0.25) is 0 Å². The van der Waals surface area contributed by atoms with Crippen molar-refractivity contribution in [2.24, 2.45) is 7.05 Å². The molecule has 0 aliphatic rings. The topological polar surface area (TPSA) is 64.9 Å². The Kier molecular flexibility index (Phi) is 5.69. The van der Waals surface area contributed by atoms with E-state index in [0.717, 1.165) is 29.0 Å². The van der Waals surface area contributed by atoms with Crippen LogP contribution >= 0.6 is 15.9 Å². The lowest BCUT2D eigenvalue weighted by Crippen LogP contribution is -2.24. The molecule has 0 bridgehead atoms. The van der Waals surface area contributed by atoms with Gasteiger partial charge in [-0.25, -0.2) is 0 Å². The number of hydrogen-bond donors (Lipinski definition) is 1. The highest BCUT2D eigenvalue weighted by Crippen LogP contribution is 2.29. The van der Waals surface area contributed by atoms with Crippen LogP contribution in [0.4, 0.5) is 0 Å². The predicted molar refractivity (Wildman–Crippen MR) is 84.2 cm³/mol. The van der Waals surface area contributed by atoms with E-state index in [9.17, 15) is 0 Å². The van der Waals surface area contributed by atoms with Crippen LogP contribution in [0.5, 0.6) is 5.75 Å². The minimum Gasteiger partial charge on any atom is -0.496 e. The molecule has 21 heavy (non-hydrogen) atoms. The fourth-order valence-corrected chi connectivity index (χ4v) is 2.67. The monoisotopic (exact) mass is 353 g/mol. The molecular weight excluding hydrogens is 334 g/mol. The van der Waals surface area contributed by atoms with Gasteiger partial charge in [-0.1, -0.05) is 13.0 Å². The van der Waals surface area contributed by atoms with Gasteiger partial charge in [0, 0.05) is 12.5 Å². The van der Waals surface area contributed by atoms with Gasteiger partial charge < -0.3 is 10.1 Å². The zero-order valence-corrected chi connectivity index (χ0v) is 14.1. The summed E-state index contributed by atoms with van der Waals surface area (Å²) >= 11 is 3.53. The van der Waals surface area contributed by atoms with E-state index in [0.29, 0.717) is 6.42 Å². The molecule has 0 spiro atoms. The number of tetrazole rings is 1. The van der Waals surface area contributed by atoms with Crippen LogP contribution < -0.4 is 10.1 Å². The third kappa shape index (κ3) is 4.25. The Bertz CT molecular complexity index is 586. The minimum absolute atomic E-state index is 0.149. The Morgan fingerprint density at radius 2 is 2.24 bits per heavy atom. The quantitative estimate of drug-likeness (QED) is 0.826. The Hall–Kier alpha value is -1.47. The first-order chi connectivity index (χ1) is 10.1. The number of ether oxygens (including phenoxy) is 1. The number of aryl methyl sites for hydroxylation is 1. The normalized spacial score (nSPS) is 12.4. The van der Waals surface area contributed by atoms with Crippen molar-refractivity contribution < 1.29 is 4.74 Å². The highest BCUT2D eigenvalue weighted by Gasteiger charge is 2.16. The van der Waals surface area contributed by atoms with E-state index < -0.39 is 0 Å². The molecule has 0 aliphatic heterocycles. The first-order valence-electron chi connectivity index (χ1n) is 6.93. The van der Waals surface area contributed by atoms with Gasteiger partial charge in [0.15, 0.2) is 5.82 Å². The smallest absolute Gasteiger partial charge is 0.176 e. The van der Waals surface area contributed by atoms with Crippen LogP contribution in [-0.4, -0.2) is 33.9 Å². The molecule has 1 aromatic carbocycles. The standard InChI is InChI=1S/C14H20BrN5O/c1-4-7-16-12(9-14-17-19-20(2)18-14)10-5-6-13(21-3)11(15)8-10/h5-6,8,12,16H,4,7,9H2,1-3H3. The molecule has 0 aliphatic carbocycles. The van der Waals surface area contributed by atoms with Gasteiger partial charge in [-0.15, -0.1) is 10.2 Å². The molecule has 1 aromatic heterocycles. The van der Waals surface area contributed by atoms with Crippen molar-refractivity contribution in [2.45, 2.75) is 25.8 Å². The van der Waals surface area contributed by atoms with E-state index >= 15 is 0 Å². The molecule has 1 N–H and O–H groups in total. The molecule has 1 heterocycles. The summed E-state index contributed by atoms with van der Waals surface area (Å²) in [5, 5.41) is 15.7. The van der Waals surface area contributed by atoms with Crippen molar-refractivity contribution in [2.75, 3.05) is 13.7 Å². The lowest BCUT2D eigenvalue weighted by atomic mass is 10.0. The summed E-state index contributed by atoms with van der Waals surface area (Å²) < 4.78 is 6.22. The van der Waals surface area contributed by atoms with Gasteiger partial charge in [0.25, 0.3) is 0 Å². The number of methoxy groups -OCH3 is 1. The van der Waals surface area contributed by atoms with Gasteiger partial charge in [0.1, 0.15) is 5.75 Å². The zero-order valence-electron chi connectivity index (χ0n) is 12.5. The maximum Gasteiger partial charge on any atom is 0.176 e. The summed E-state index contributed by atoms with van der Waals surface area (Å²) in [6.45, 7) is 3.09. The molecular formula is C14H20BrN5O. The summed E-state index contributed by atoms with van der Waals surface area (Å²) in [5.74, 6) is 1.56. The average molecular weight is 354 g/mol. The summed E-state index contributed by atoms with van der Waals surface area (Å²) in [6.07, 6.45) is 1.77. The van der Waals surface area contributed by atoms with Gasteiger partial charge in [0.05, 0.1) is 18.6 Å². The summed E-state index contributed by atoms with van der Waals surface area (Å²) in [4.78, 5) is 1.48. The van der Waals surface area contributed by atoms with E-state index in [-0.39, 0.29) is 6.04 Å². The Morgan fingerprint density at radius 1 is 1.43 bits per heavy atom. The van der Waals surface area contributed by atoms with Crippen molar-refractivity contribution >= 4 is 15.9 Å². The van der Waals surface area contributed by atoms with Crippen LogP contribution in [-0.2, 0) is 13.5 Å². The third-order valence-corrected chi connectivity index (χ3v) is 3.78. The second-order valence-corrected chi connectivity index (χ2v) is 5.65. The molecule has 7 heteroatoms. The maximum absolute atomic E-state index is 5.28. The van der Waals surface area contributed by atoms with E-state index in [1.165, 1.54) is 10.4 Å². The Morgan fingerprint density at radius 3 is 2.81 bits per heavy atom. The average Bonchev–Trinajstić information content (AvgIpc) is 2.88. The minimum atomic E-state index is 0.149. The van der Waals surface area contributed by atoms with Gasteiger partial charge in [-0.05, 0) is 51.8 Å². The first kappa shape index (κ1) is 15.9. The number of aromatic nitrogens is 4. The SMILES string of the molecule is CCCNC(Cc1nnn(C)n1)c1ccc(OC)c(Br)c1. The Labute approximate surface area is 133 Å². The number of nitrogens with one attached hydrogen (secondary N) is 1. The number of nitrogens with zero attached hydrogens (tertiary/aromatic N) is 4. The largest absolute Gasteiger partial charge is 0.496 e.